The maximum Gasteiger partial charge on any atom is 0.305 e. The minimum absolute atomic E-state index is 0.0283. The van der Waals surface area contributed by atoms with Crippen LogP contribution in [0.2, 0.25) is 0 Å². The number of ether oxygens (including phenoxy) is 2. The third-order valence-corrected chi connectivity index (χ3v) is 8.29. The fourth-order valence-electron chi connectivity index (χ4n) is 5.20. The van der Waals surface area contributed by atoms with Crippen molar-refractivity contribution >= 4 is 11.9 Å². The van der Waals surface area contributed by atoms with Crippen molar-refractivity contribution in [3.05, 3.63) is 60.8 Å². The van der Waals surface area contributed by atoms with Gasteiger partial charge in [-0.15, -0.1) is 0 Å². The molecule has 0 aromatic heterocycles. The van der Waals surface area contributed by atoms with Gasteiger partial charge in [-0.2, -0.15) is 0 Å². The molecule has 0 aliphatic heterocycles. The smallest absolute Gasteiger partial charge is 0.305 e. The Bertz CT molecular complexity index is 951. The molecular weight excluding hydrogens is 632 g/mol. The number of aliphatic hydroxyl groups excluding tert-OH is 4. The Balaban J connectivity index is 3.78. The molecule has 4 N–H and O–H groups in total. The van der Waals surface area contributed by atoms with Gasteiger partial charge in [0.2, 0.25) is 0 Å². The molecule has 0 aliphatic carbocycles. The number of allylic oxidation sites excluding steroid dienone is 7. The van der Waals surface area contributed by atoms with Gasteiger partial charge < -0.3 is 29.9 Å². The molecule has 0 fully saturated rings. The second-order valence-corrected chi connectivity index (χ2v) is 13.7. The van der Waals surface area contributed by atoms with Crippen LogP contribution in [0.15, 0.2) is 60.8 Å². The van der Waals surface area contributed by atoms with Gasteiger partial charge >= 0.3 is 11.9 Å². The molecule has 0 amide bonds. The Labute approximate surface area is 304 Å². The molecule has 0 spiro atoms. The molecule has 0 radical (unpaired) electrons. The van der Waals surface area contributed by atoms with E-state index in [9.17, 15) is 30.0 Å². The van der Waals surface area contributed by atoms with Crippen LogP contribution >= 0.6 is 0 Å². The summed E-state index contributed by atoms with van der Waals surface area (Å²) in [6.45, 7) is 6.15. The van der Waals surface area contributed by atoms with E-state index in [0.717, 1.165) is 31.6 Å². The molecule has 0 saturated heterocycles. The second-order valence-electron chi connectivity index (χ2n) is 13.7. The van der Waals surface area contributed by atoms with E-state index in [2.05, 4.69) is 13.8 Å². The predicted octanol–water partition coefficient (Wildman–Crippen LogP) is 8.78. The molecule has 0 aromatic rings. The summed E-state index contributed by atoms with van der Waals surface area (Å²) in [6.07, 6.45) is 33.7. The van der Waals surface area contributed by atoms with E-state index < -0.39 is 30.4 Å². The van der Waals surface area contributed by atoms with Crippen LogP contribution in [0.1, 0.15) is 149 Å². The monoisotopic (exact) mass is 705 g/mol. The average Bonchev–Trinajstić information content (AvgIpc) is 3.08. The minimum Gasteiger partial charge on any atom is -0.463 e. The molecule has 0 unspecified atom stereocenters. The van der Waals surface area contributed by atoms with Crippen molar-refractivity contribution in [1.29, 1.82) is 0 Å². The summed E-state index contributed by atoms with van der Waals surface area (Å²) in [6, 6.07) is 0. The first kappa shape index (κ1) is 47.5. The van der Waals surface area contributed by atoms with Crippen LogP contribution in [0.25, 0.3) is 0 Å². The van der Waals surface area contributed by atoms with Crippen molar-refractivity contribution in [1.82, 2.24) is 0 Å². The number of hydrogen-bond acceptors (Lipinski definition) is 8. The quantitative estimate of drug-likeness (QED) is 0.0231. The summed E-state index contributed by atoms with van der Waals surface area (Å²) >= 11 is 0. The molecule has 0 saturated carbocycles. The Morgan fingerprint density at radius 1 is 0.560 bits per heavy atom. The first-order valence-corrected chi connectivity index (χ1v) is 19.5. The molecular formula is C42H72O8. The third kappa shape index (κ3) is 34.0. The lowest BCUT2D eigenvalue weighted by atomic mass is 10.0. The van der Waals surface area contributed by atoms with Crippen LogP contribution in [-0.4, -0.2) is 70.0 Å². The Hall–Kier alpha value is -2.52. The maximum atomic E-state index is 12.0. The van der Waals surface area contributed by atoms with E-state index in [1.807, 2.05) is 19.1 Å². The van der Waals surface area contributed by atoms with Crippen molar-refractivity contribution in [2.24, 2.45) is 5.92 Å². The molecule has 8 heteroatoms. The number of carbonyl (C=O) groups excluding carboxylic acids is 2. The van der Waals surface area contributed by atoms with E-state index in [1.54, 1.807) is 42.5 Å². The molecule has 0 bridgehead atoms. The summed E-state index contributed by atoms with van der Waals surface area (Å²) in [7, 11) is 0. The van der Waals surface area contributed by atoms with E-state index >= 15 is 0 Å². The zero-order chi connectivity index (χ0) is 37.1. The van der Waals surface area contributed by atoms with E-state index in [1.165, 1.54) is 76.7 Å². The van der Waals surface area contributed by atoms with Crippen LogP contribution in [0, 0.1) is 5.92 Å². The highest BCUT2D eigenvalue weighted by atomic mass is 16.6. The van der Waals surface area contributed by atoms with Crippen LogP contribution in [-0.2, 0) is 19.1 Å². The van der Waals surface area contributed by atoms with Gasteiger partial charge in [-0.3, -0.25) is 9.59 Å². The van der Waals surface area contributed by atoms with Crippen LogP contribution < -0.4 is 0 Å². The third-order valence-electron chi connectivity index (χ3n) is 8.29. The van der Waals surface area contributed by atoms with Gasteiger partial charge in [0.1, 0.15) is 19.3 Å². The Morgan fingerprint density at radius 2 is 1.02 bits per heavy atom. The highest BCUT2D eigenvalue weighted by Gasteiger charge is 2.15. The lowest BCUT2D eigenvalue weighted by molar-refractivity contribution is -0.152. The normalized spacial score (nSPS) is 14.9. The Morgan fingerprint density at radius 3 is 1.54 bits per heavy atom. The van der Waals surface area contributed by atoms with Crippen LogP contribution in [0.3, 0.4) is 0 Å². The summed E-state index contributed by atoms with van der Waals surface area (Å²) in [4.78, 5) is 24.0. The first-order valence-electron chi connectivity index (χ1n) is 19.5. The SMILES string of the molecule is CC/C=C\C[C@@H](O)/C=C/C=C/C=C\C=C/[C@H](O)[C@@H](O)CCCC(=O)OC[C@H](O)COC(=O)CCCCCCCCCCCCCCCC(C)C. The average molecular weight is 705 g/mol. The van der Waals surface area contributed by atoms with Gasteiger partial charge in [-0.05, 0) is 38.0 Å². The number of unbranched alkanes of at least 4 members (excludes halogenated alkanes) is 12. The van der Waals surface area contributed by atoms with Gasteiger partial charge in [0, 0.05) is 12.8 Å². The zero-order valence-corrected chi connectivity index (χ0v) is 31.6. The zero-order valence-electron chi connectivity index (χ0n) is 31.6. The van der Waals surface area contributed by atoms with Crippen molar-refractivity contribution < 1.29 is 39.5 Å². The summed E-state index contributed by atoms with van der Waals surface area (Å²) in [5.74, 6) is -0.0588. The van der Waals surface area contributed by atoms with Crippen molar-refractivity contribution in [2.75, 3.05) is 13.2 Å². The molecule has 4 atom stereocenters. The van der Waals surface area contributed by atoms with E-state index in [4.69, 9.17) is 9.47 Å². The number of esters is 2. The topological polar surface area (TPSA) is 134 Å². The van der Waals surface area contributed by atoms with Gasteiger partial charge in [0.05, 0.1) is 18.3 Å². The number of carbonyl (C=O) groups is 2. The van der Waals surface area contributed by atoms with Gasteiger partial charge in [-0.25, -0.2) is 0 Å². The van der Waals surface area contributed by atoms with Crippen molar-refractivity contribution in [3.63, 3.8) is 0 Å². The van der Waals surface area contributed by atoms with E-state index in [0.29, 0.717) is 19.3 Å². The second kappa shape index (κ2) is 34.9. The van der Waals surface area contributed by atoms with Crippen molar-refractivity contribution in [2.45, 2.75) is 174 Å². The molecule has 288 valence electrons. The van der Waals surface area contributed by atoms with Crippen LogP contribution in [0.4, 0.5) is 0 Å². The molecule has 0 aliphatic rings. The molecule has 50 heavy (non-hydrogen) atoms. The fourth-order valence-corrected chi connectivity index (χ4v) is 5.20. The molecule has 0 rings (SSSR count). The lowest BCUT2D eigenvalue weighted by Gasteiger charge is -2.14. The van der Waals surface area contributed by atoms with Gasteiger partial charge in [0.25, 0.3) is 0 Å². The summed E-state index contributed by atoms with van der Waals surface area (Å²) < 4.78 is 10.2. The van der Waals surface area contributed by atoms with Gasteiger partial charge in [0.15, 0.2) is 0 Å². The van der Waals surface area contributed by atoms with E-state index in [-0.39, 0.29) is 32.0 Å². The summed E-state index contributed by atoms with van der Waals surface area (Å²) in [5.41, 5.74) is 0. The number of rotatable bonds is 33. The fraction of sp³-hybridized carbons (Fsp3) is 0.714. The van der Waals surface area contributed by atoms with Crippen molar-refractivity contribution in [3.8, 4) is 0 Å². The Kier molecular flexibility index (Phi) is 33.1. The standard InChI is InChI=1S/C42H72O8/c1-4-5-21-28-37(43)29-23-18-15-16-19-24-30-39(45)40(46)31-26-33-42(48)50-35-38(44)34-49-41(47)32-25-20-14-12-10-8-6-7-9-11-13-17-22-27-36(2)3/h5,15-16,18-19,21,23-24,29-30,36-40,43-46H,4,6-14,17,20,22,25-28,31-35H2,1-3H3/b18-15+,19-16-,21-5-,29-23+,30-24-/t37-,38-,39+,40+/m1/s1. The highest BCUT2D eigenvalue weighted by molar-refractivity contribution is 5.69. The minimum atomic E-state index is -1.09. The lowest BCUT2D eigenvalue weighted by Crippen LogP contribution is -2.26. The maximum absolute atomic E-state index is 12.0. The predicted molar refractivity (Wildman–Crippen MR) is 204 cm³/mol. The molecule has 0 heterocycles. The van der Waals surface area contributed by atoms with Gasteiger partial charge in [-0.1, -0.05) is 165 Å². The van der Waals surface area contributed by atoms with Crippen LogP contribution in [0.5, 0.6) is 0 Å². The largest absolute Gasteiger partial charge is 0.463 e. The summed E-state index contributed by atoms with van der Waals surface area (Å²) in [5, 5.41) is 40.0. The highest BCUT2D eigenvalue weighted by Crippen LogP contribution is 2.15. The first-order chi connectivity index (χ1) is 24.1. The molecule has 8 nitrogen and oxygen atoms in total. The molecule has 0 aromatic carbocycles. The number of aliphatic hydroxyl groups is 4. The number of hydrogen-bond donors (Lipinski definition) is 4.